The van der Waals surface area contributed by atoms with Crippen molar-refractivity contribution in [3.05, 3.63) is 0 Å². The van der Waals surface area contributed by atoms with E-state index in [1.54, 1.807) is 7.05 Å². The van der Waals surface area contributed by atoms with Crippen molar-refractivity contribution in [2.75, 3.05) is 92.8 Å². The summed E-state index contributed by atoms with van der Waals surface area (Å²) >= 11 is 0. The monoisotopic (exact) mass is 479 g/mol. The predicted octanol–water partition coefficient (Wildman–Crippen LogP) is -4.09. The summed E-state index contributed by atoms with van der Waals surface area (Å²) in [6, 6.07) is 0. The molecular formula is C20H41N5O8. The Morgan fingerprint density at radius 2 is 1.21 bits per heavy atom. The van der Waals surface area contributed by atoms with Gasteiger partial charge >= 0.3 is 5.97 Å². The molecule has 2 unspecified atom stereocenters. The van der Waals surface area contributed by atoms with Crippen molar-refractivity contribution in [3.8, 4) is 0 Å². The van der Waals surface area contributed by atoms with Gasteiger partial charge in [-0.25, -0.2) is 0 Å². The van der Waals surface area contributed by atoms with E-state index >= 15 is 0 Å². The van der Waals surface area contributed by atoms with Gasteiger partial charge in [-0.1, -0.05) is 6.92 Å². The molecule has 0 aliphatic heterocycles. The van der Waals surface area contributed by atoms with Gasteiger partial charge in [0.25, 0.3) is 0 Å². The summed E-state index contributed by atoms with van der Waals surface area (Å²) in [6.07, 6.45) is -2.03. The number of amides is 2. The maximum Gasteiger partial charge on any atom is 0.317 e. The van der Waals surface area contributed by atoms with Gasteiger partial charge < -0.3 is 40.6 Å². The molecule has 0 aliphatic rings. The quantitative estimate of drug-likeness (QED) is 0.0993. The molecule has 0 aromatic carbocycles. The third-order valence-corrected chi connectivity index (χ3v) is 4.98. The molecule has 0 saturated heterocycles. The lowest BCUT2D eigenvalue weighted by Crippen LogP contribution is -2.46. The molecule has 0 aromatic heterocycles. The van der Waals surface area contributed by atoms with Crippen LogP contribution in [0.4, 0.5) is 0 Å². The van der Waals surface area contributed by atoms with Crippen molar-refractivity contribution < 1.29 is 39.9 Å². The summed E-state index contributed by atoms with van der Waals surface area (Å²) in [6.45, 7) is 3.24. The van der Waals surface area contributed by atoms with E-state index in [-0.39, 0.29) is 44.5 Å². The second-order valence-electron chi connectivity index (χ2n) is 7.94. The third kappa shape index (κ3) is 14.8. The first-order chi connectivity index (χ1) is 15.5. The molecule has 0 fully saturated rings. The summed E-state index contributed by atoms with van der Waals surface area (Å²) in [5, 5.41) is 48.9. The van der Waals surface area contributed by atoms with E-state index in [2.05, 4.69) is 5.32 Å². The standard InChI is InChI=1S/C20H41N5O8/c1-4-24(11-18(30)22(2)9-16(28)14-26)7-5-21-6-8-25(13-20(32)33)12-19(31)23(3)10-17(29)15-27/h16-17,21,26-29H,4-15H2,1-3H3,(H,32,33). The number of nitrogens with one attached hydrogen (secondary N) is 1. The molecule has 13 nitrogen and oxygen atoms in total. The van der Waals surface area contributed by atoms with Crippen LogP contribution in [0, 0.1) is 0 Å². The lowest BCUT2D eigenvalue weighted by atomic mass is 10.3. The number of carboxylic acids is 1. The summed E-state index contributed by atoms with van der Waals surface area (Å²) in [5.41, 5.74) is 0. The molecule has 33 heavy (non-hydrogen) atoms. The number of carboxylic acid groups (broad SMARTS) is 1. The van der Waals surface area contributed by atoms with Gasteiger partial charge in [-0.15, -0.1) is 0 Å². The molecule has 0 aliphatic carbocycles. The number of hydrogen-bond donors (Lipinski definition) is 6. The van der Waals surface area contributed by atoms with E-state index in [9.17, 15) is 24.6 Å². The number of aliphatic hydroxyl groups excluding tert-OH is 4. The van der Waals surface area contributed by atoms with E-state index in [1.807, 2.05) is 11.8 Å². The number of carbonyl (C=O) groups excluding carboxylic acids is 2. The first-order valence-electron chi connectivity index (χ1n) is 11.0. The molecule has 0 radical (unpaired) electrons. The Morgan fingerprint density at radius 1 is 0.788 bits per heavy atom. The zero-order valence-electron chi connectivity index (χ0n) is 19.9. The van der Waals surface area contributed by atoms with Crippen LogP contribution >= 0.6 is 0 Å². The topological polar surface area (TPSA) is 177 Å². The summed E-state index contributed by atoms with van der Waals surface area (Å²) in [7, 11) is 3.04. The molecule has 2 atom stereocenters. The molecule has 194 valence electrons. The van der Waals surface area contributed by atoms with Gasteiger partial charge in [0, 0.05) is 53.4 Å². The second-order valence-corrected chi connectivity index (χ2v) is 7.94. The van der Waals surface area contributed by atoms with Gasteiger partial charge in [-0.05, 0) is 6.54 Å². The summed E-state index contributed by atoms with van der Waals surface area (Å²) in [5.74, 6) is -1.60. The zero-order valence-corrected chi connectivity index (χ0v) is 19.9. The lowest BCUT2D eigenvalue weighted by Gasteiger charge is -2.26. The number of carbonyl (C=O) groups is 3. The van der Waals surface area contributed by atoms with Crippen LogP contribution in [0.25, 0.3) is 0 Å². The Hall–Kier alpha value is -1.87. The van der Waals surface area contributed by atoms with E-state index in [1.165, 1.54) is 21.7 Å². The Balaban J connectivity index is 4.43. The van der Waals surface area contributed by atoms with Crippen LogP contribution in [0.15, 0.2) is 0 Å². The minimum atomic E-state index is -1.06. The molecule has 0 bridgehead atoms. The van der Waals surface area contributed by atoms with Crippen molar-refractivity contribution in [2.45, 2.75) is 19.1 Å². The van der Waals surface area contributed by atoms with Crippen molar-refractivity contribution in [2.24, 2.45) is 0 Å². The predicted molar refractivity (Wildman–Crippen MR) is 121 cm³/mol. The Bertz CT molecular complexity index is 583. The average Bonchev–Trinajstić information content (AvgIpc) is 2.76. The van der Waals surface area contributed by atoms with Crippen molar-refractivity contribution in [3.63, 3.8) is 0 Å². The van der Waals surface area contributed by atoms with Gasteiger partial charge in [-0.2, -0.15) is 0 Å². The Kier molecular flexibility index (Phi) is 16.6. The number of nitrogens with zero attached hydrogens (tertiary/aromatic N) is 4. The fourth-order valence-electron chi connectivity index (χ4n) is 2.93. The van der Waals surface area contributed by atoms with Gasteiger partial charge in [0.1, 0.15) is 0 Å². The van der Waals surface area contributed by atoms with Gasteiger partial charge in [0.2, 0.25) is 11.8 Å². The second kappa shape index (κ2) is 17.6. The first kappa shape index (κ1) is 31.1. The maximum atomic E-state index is 12.3. The molecule has 0 spiro atoms. The normalized spacial score (nSPS) is 13.2. The van der Waals surface area contributed by atoms with E-state index in [4.69, 9.17) is 15.3 Å². The van der Waals surface area contributed by atoms with Gasteiger partial charge in [0.05, 0.1) is 45.1 Å². The van der Waals surface area contributed by atoms with E-state index in [0.29, 0.717) is 32.7 Å². The highest BCUT2D eigenvalue weighted by atomic mass is 16.4. The molecule has 6 N–H and O–H groups in total. The van der Waals surface area contributed by atoms with Crippen LogP contribution in [0.1, 0.15) is 6.92 Å². The van der Waals surface area contributed by atoms with Crippen molar-refractivity contribution in [1.29, 1.82) is 0 Å². The first-order valence-corrected chi connectivity index (χ1v) is 11.0. The van der Waals surface area contributed by atoms with Crippen LogP contribution in [-0.4, -0.2) is 168 Å². The van der Waals surface area contributed by atoms with Crippen molar-refractivity contribution >= 4 is 17.8 Å². The van der Waals surface area contributed by atoms with E-state index < -0.39 is 31.4 Å². The minimum absolute atomic E-state index is 0.0474. The van der Waals surface area contributed by atoms with E-state index in [0.717, 1.165) is 0 Å². The number of hydrogen-bond acceptors (Lipinski definition) is 10. The van der Waals surface area contributed by atoms with Crippen LogP contribution in [-0.2, 0) is 14.4 Å². The summed E-state index contributed by atoms with van der Waals surface area (Å²) < 4.78 is 0. The fraction of sp³-hybridized carbons (Fsp3) is 0.850. The number of rotatable bonds is 19. The average molecular weight is 480 g/mol. The van der Waals surface area contributed by atoms with Crippen molar-refractivity contribution in [1.82, 2.24) is 24.9 Å². The number of aliphatic hydroxyl groups is 4. The van der Waals surface area contributed by atoms with Crippen LogP contribution in [0.3, 0.4) is 0 Å². The maximum absolute atomic E-state index is 12.3. The molecule has 0 heterocycles. The largest absolute Gasteiger partial charge is 0.480 e. The molecule has 0 aromatic rings. The Labute approximate surface area is 195 Å². The SMILES string of the molecule is CCN(CCNCCN(CC(=O)O)CC(=O)N(C)CC(O)CO)CC(=O)N(C)CC(O)CO. The highest BCUT2D eigenvalue weighted by molar-refractivity contribution is 5.79. The minimum Gasteiger partial charge on any atom is -0.480 e. The molecule has 0 saturated carbocycles. The highest BCUT2D eigenvalue weighted by Crippen LogP contribution is 1.96. The van der Waals surface area contributed by atoms with Gasteiger partial charge in [0.15, 0.2) is 0 Å². The smallest absolute Gasteiger partial charge is 0.317 e. The molecular weight excluding hydrogens is 438 g/mol. The molecule has 13 heteroatoms. The fourth-order valence-corrected chi connectivity index (χ4v) is 2.93. The zero-order chi connectivity index (χ0) is 25.4. The number of aliphatic carboxylic acids is 1. The van der Waals surface area contributed by atoms with Gasteiger partial charge in [-0.3, -0.25) is 24.2 Å². The highest BCUT2D eigenvalue weighted by Gasteiger charge is 2.19. The van der Waals surface area contributed by atoms with Crippen LogP contribution in [0.2, 0.25) is 0 Å². The number of likely N-dealkylation sites (N-methyl/N-ethyl adjacent to an activating group) is 3. The molecule has 2 amide bonds. The third-order valence-electron chi connectivity index (χ3n) is 4.98. The summed E-state index contributed by atoms with van der Waals surface area (Å²) in [4.78, 5) is 41.6. The Morgan fingerprint density at radius 3 is 1.61 bits per heavy atom. The lowest BCUT2D eigenvalue weighted by molar-refractivity contribution is -0.140. The molecule has 0 rings (SSSR count). The van der Waals surface area contributed by atoms with Crippen LogP contribution in [0.5, 0.6) is 0 Å². The van der Waals surface area contributed by atoms with Crippen LogP contribution < -0.4 is 5.32 Å².